The SMILES string of the molecule is O=C(NC1CC2(CSC2)C1)c1cnc[nH]1. The Hall–Kier alpha value is -0.970. The number of hydrogen-bond acceptors (Lipinski definition) is 3. The van der Waals surface area contributed by atoms with Crippen LogP contribution in [-0.4, -0.2) is 33.4 Å². The first-order chi connectivity index (χ1) is 7.27. The standard InChI is InChI=1S/C10H13N3OS/c14-9(8-3-11-6-12-8)13-7-1-10(2-7)4-15-5-10/h3,6-7H,1-2,4-5H2,(H,11,12)(H,13,14). The zero-order chi connectivity index (χ0) is 10.3. The van der Waals surface area contributed by atoms with Crippen molar-refractivity contribution in [2.45, 2.75) is 18.9 Å². The number of thioether (sulfide) groups is 1. The summed E-state index contributed by atoms with van der Waals surface area (Å²) in [5, 5.41) is 3.02. The summed E-state index contributed by atoms with van der Waals surface area (Å²) < 4.78 is 0. The third-order valence-electron chi connectivity index (χ3n) is 3.25. The highest BCUT2D eigenvalue weighted by Gasteiger charge is 2.49. The molecule has 0 bridgehead atoms. The van der Waals surface area contributed by atoms with E-state index in [1.54, 1.807) is 6.20 Å². The van der Waals surface area contributed by atoms with Crippen LogP contribution in [-0.2, 0) is 0 Å². The molecule has 1 saturated heterocycles. The van der Waals surface area contributed by atoms with Gasteiger partial charge in [-0.2, -0.15) is 11.8 Å². The van der Waals surface area contributed by atoms with Gasteiger partial charge in [0.2, 0.25) is 0 Å². The molecule has 4 nitrogen and oxygen atoms in total. The molecule has 1 aliphatic heterocycles. The third kappa shape index (κ3) is 1.55. The molecule has 80 valence electrons. The van der Waals surface area contributed by atoms with Crippen LogP contribution >= 0.6 is 11.8 Å². The third-order valence-corrected chi connectivity index (χ3v) is 4.89. The van der Waals surface area contributed by atoms with Crippen molar-refractivity contribution < 1.29 is 4.79 Å². The molecule has 0 unspecified atom stereocenters. The molecule has 1 aliphatic carbocycles. The first-order valence-electron chi connectivity index (χ1n) is 5.14. The highest BCUT2D eigenvalue weighted by molar-refractivity contribution is 8.00. The van der Waals surface area contributed by atoms with Gasteiger partial charge in [0.25, 0.3) is 5.91 Å². The van der Waals surface area contributed by atoms with E-state index in [0.29, 0.717) is 17.2 Å². The molecule has 1 amide bonds. The zero-order valence-electron chi connectivity index (χ0n) is 8.32. The maximum Gasteiger partial charge on any atom is 0.269 e. The Bertz CT molecular complexity index is 364. The number of aromatic nitrogens is 2. The molecule has 0 radical (unpaired) electrons. The van der Waals surface area contributed by atoms with Crippen molar-refractivity contribution in [3.63, 3.8) is 0 Å². The van der Waals surface area contributed by atoms with Crippen molar-refractivity contribution in [1.82, 2.24) is 15.3 Å². The minimum Gasteiger partial charge on any atom is -0.348 e. The predicted molar refractivity (Wildman–Crippen MR) is 58.8 cm³/mol. The van der Waals surface area contributed by atoms with E-state index in [-0.39, 0.29) is 5.91 Å². The van der Waals surface area contributed by atoms with Crippen LogP contribution in [0, 0.1) is 5.41 Å². The number of nitrogens with zero attached hydrogens (tertiary/aromatic N) is 1. The van der Waals surface area contributed by atoms with Gasteiger partial charge in [0.1, 0.15) is 5.69 Å². The topological polar surface area (TPSA) is 57.8 Å². The van der Waals surface area contributed by atoms with E-state index in [1.807, 2.05) is 11.8 Å². The summed E-state index contributed by atoms with van der Waals surface area (Å²) in [6.45, 7) is 0. The number of carbonyl (C=O) groups is 1. The van der Waals surface area contributed by atoms with Crippen LogP contribution < -0.4 is 5.32 Å². The number of rotatable bonds is 2. The summed E-state index contributed by atoms with van der Waals surface area (Å²) in [4.78, 5) is 18.3. The summed E-state index contributed by atoms with van der Waals surface area (Å²) in [7, 11) is 0. The van der Waals surface area contributed by atoms with E-state index < -0.39 is 0 Å². The molecule has 0 atom stereocenters. The van der Waals surface area contributed by atoms with Crippen molar-refractivity contribution in [2.75, 3.05) is 11.5 Å². The molecule has 3 rings (SSSR count). The molecule has 2 N–H and O–H groups in total. The van der Waals surface area contributed by atoms with E-state index in [2.05, 4.69) is 15.3 Å². The Kier molecular flexibility index (Phi) is 2.02. The van der Waals surface area contributed by atoms with Gasteiger partial charge in [0.15, 0.2) is 0 Å². The van der Waals surface area contributed by atoms with E-state index in [0.717, 1.165) is 12.8 Å². The number of imidazole rings is 1. The predicted octanol–water partition coefficient (Wildman–Crippen LogP) is 1.04. The summed E-state index contributed by atoms with van der Waals surface area (Å²) in [6, 6.07) is 0.377. The lowest BCUT2D eigenvalue weighted by atomic mass is 9.67. The normalized spacial score (nSPS) is 23.2. The van der Waals surface area contributed by atoms with Crippen molar-refractivity contribution >= 4 is 17.7 Å². The molecule has 2 aliphatic rings. The summed E-state index contributed by atoms with van der Waals surface area (Å²) >= 11 is 2.01. The molecule has 2 heterocycles. The van der Waals surface area contributed by atoms with E-state index >= 15 is 0 Å². The maximum atomic E-state index is 11.6. The fourth-order valence-electron chi connectivity index (χ4n) is 2.36. The highest BCUT2D eigenvalue weighted by atomic mass is 32.2. The highest BCUT2D eigenvalue weighted by Crippen LogP contribution is 2.52. The first kappa shape index (κ1) is 9.27. The van der Waals surface area contributed by atoms with E-state index in [9.17, 15) is 4.79 Å². The lowest BCUT2D eigenvalue weighted by molar-refractivity contribution is 0.0795. The largest absolute Gasteiger partial charge is 0.348 e. The number of carbonyl (C=O) groups excluding carboxylic acids is 1. The maximum absolute atomic E-state index is 11.6. The molecule has 15 heavy (non-hydrogen) atoms. The van der Waals surface area contributed by atoms with Crippen molar-refractivity contribution in [3.8, 4) is 0 Å². The quantitative estimate of drug-likeness (QED) is 0.787. The molecule has 5 heteroatoms. The van der Waals surface area contributed by atoms with E-state index in [4.69, 9.17) is 0 Å². The van der Waals surface area contributed by atoms with Gasteiger partial charge < -0.3 is 10.3 Å². The minimum atomic E-state index is -0.0284. The first-order valence-corrected chi connectivity index (χ1v) is 6.30. The van der Waals surface area contributed by atoms with Crippen LogP contribution in [0.1, 0.15) is 23.3 Å². The van der Waals surface area contributed by atoms with Crippen molar-refractivity contribution in [3.05, 3.63) is 18.2 Å². The zero-order valence-corrected chi connectivity index (χ0v) is 9.14. The van der Waals surface area contributed by atoms with Crippen LogP contribution in [0.15, 0.2) is 12.5 Å². The fourth-order valence-corrected chi connectivity index (χ4v) is 3.61. The minimum absolute atomic E-state index is 0.0284. The number of nitrogens with one attached hydrogen (secondary N) is 2. The van der Waals surface area contributed by atoms with Crippen LogP contribution in [0.3, 0.4) is 0 Å². The summed E-state index contributed by atoms with van der Waals surface area (Å²) in [6.07, 6.45) is 5.39. The number of aromatic amines is 1. The summed E-state index contributed by atoms with van der Waals surface area (Å²) in [5.74, 6) is 2.53. The van der Waals surface area contributed by atoms with Gasteiger partial charge in [-0.3, -0.25) is 4.79 Å². The molecule has 1 aromatic heterocycles. The van der Waals surface area contributed by atoms with Gasteiger partial charge in [-0.05, 0) is 29.8 Å². The average Bonchev–Trinajstić information content (AvgIpc) is 2.59. The van der Waals surface area contributed by atoms with Gasteiger partial charge in [-0.15, -0.1) is 0 Å². The van der Waals surface area contributed by atoms with Crippen LogP contribution in [0.2, 0.25) is 0 Å². The van der Waals surface area contributed by atoms with E-state index in [1.165, 1.54) is 17.8 Å². The lowest BCUT2D eigenvalue weighted by Crippen LogP contribution is -2.56. The van der Waals surface area contributed by atoms with Gasteiger partial charge in [0, 0.05) is 6.04 Å². The van der Waals surface area contributed by atoms with Crippen LogP contribution in [0.25, 0.3) is 0 Å². The smallest absolute Gasteiger partial charge is 0.269 e. The second-order valence-electron chi connectivity index (χ2n) is 4.54. The number of H-pyrrole nitrogens is 1. The molecular weight excluding hydrogens is 210 g/mol. The monoisotopic (exact) mass is 223 g/mol. The molecular formula is C10H13N3OS. The number of amides is 1. The van der Waals surface area contributed by atoms with Crippen molar-refractivity contribution in [1.29, 1.82) is 0 Å². The average molecular weight is 223 g/mol. The lowest BCUT2D eigenvalue weighted by Gasteiger charge is -2.53. The van der Waals surface area contributed by atoms with Gasteiger partial charge >= 0.3 is 0 Å². The molecule has 0 aromatic carbocycles. The Morgan fingerprint density at radius 1 is 1.60 bits per heavy atom. The van der Waals surface area contributed by atoms with Gasteiger partial charge in [0.05, 0.1) is 12.5 Å². The van der Waals surface area contributed by atoms with Gasteiger partial charge in [-0.1, -0.05) is 0 Å². The molecule has 1 aromatic rings. The Morgan fingerprint density at radius 3 is 2.93 bits per heavy atom. The van der Waals surface area contributed by atoms with Gasteiger partial charge in [-0.25, -0.2) is 4.98 Å². The molecule has 2 fully saturated rings. The molecule has 1 saturated carbocycles. The second kappa shape index (κ2) is 3.27. The van der Waals surface area contributed by atoms with Crippen LogP contribution in [0.5, 0.6) is 0 Å². The van der Waals surface area contributed by atoms with Crippen molar-refractivity contribution in [2.24, 2.45) is 5.41 Å². The van der Waals surface area contributed by atoms with Crippen LogP contribution in [0.4, 0.5) is 0 Å². The fraction of sp³-hybridized carbons (Fsp3) is 0.600. The number of hydrogen-bond donors (Lipinski definition) is 2. The Labute approximate surface area is 92.2 Å². The Balaban J connectivity index is 1.53. The Morgan fingerprint density at radius 2 is 2.40 bits per heavy atom. The second-order valence-corrected chi connectivity index (χ2v) is 5.52. The molecule has 1 spiro atoms. The summed E-state index contributed by atoms with van der Waals surface area (Å²) in [5.41, 5.74) is 1.13.